The Kier molecular flexibility index (Phi) is 18.9. The number of likely N-dealkylation sites (N-methyl/N-ethyl adjacent to an activating group) is 1. The lowest BCUT2D eigenvalue weighted by Gasteiger charge is -2.27. The number of allylic oxidation sites excluding steroid dienone is 7. The minimum atomic E-state index is 0.0861. The van der Waals surface area contributed by atoms with Crippen LogP contribution >= 0.6 is 0 Å². The maximum absolute atomic E-state index is 6.39. The molecule has 0 spiro atoms. The molecular weight excluding hydrogens is 440 g/mol. The van der Waals surface area contributed by atoms with Gasteiger partial charge in [-0.1, -0.05) is 64.5 Å². The predicted octanol–water partition coefficient (Wildman–Crippen LogP) is 9.16. The number of hydrogen-bond donors (Lipinski definition) is 0. The maximum Gasteiger partial charge on any atom is 0.138 e. The third kappa shape index (κ3) is 11.8. The summed E-state index contributed by atoms with van der Waals surface area (Å²) in [6, 6.07) is 3.94. The largest absolute Gasteiger partial charge is 0.483 e. The Morgan fingerprint density at radius 1 is 1.14 bits per heavy atom. The van der Waals surface area contributed by atoms with Crippen LogP contribution in [-0.2, 0) is 0 Å². The summed E-state index contributed by atoms with van der Waals surface area (Å²) in [4.78, 5) is 6.61. The van der Waals surface area contributed by atoms with E-state index in [0.29, 0.717) is 0 Å². The number of pyridine rings is 1. The van der Waals surface area contributed by atoms with E-state index in [1.807, 2.05) is 46.0 Å². The predicted molar refractivity (Wildman–Crippen MR) is 159 cm³/mol. The van der Waals surface area contributed by atoms with Crippen LogP contribution in [0.5, 0.6) is 5.75 Å². The molecule has 3 heteroatoms. The number of rotatable bonds is 8. The molecule has 0 amide bonds. The van der Waals surface area contributed by atoms with E-state index in [9.17, 15) is 0 Å². The smallest absolute Gasteiger partial charge is 0.138 e. The van der Waals surface area contributed by atoms with E-state index in [1.54, 1.807) is 6.20 Å². The Hall–Kier alpha value is -2.73. The van der Waals surface area contributed by atoms with E-state index >= 15 is 0 Å². The molecule has 2 fully saturated rings. The quantitative estimate of drug-likeness (QED) is 0.267. The number of hydrogen-bond acceptors (Lipinski definition) is 3. The van der Waals surface area contributed by atoms with Crippen molar-refractivity contribution in [3.05, 3.63) is 71.2 Å². The average molecular weight is 493 g/mol. The molecule has 36 heavy (non-hydrogen) atoms. The summed E-state index contributed by atoms with van der Waals surface area (Å²) in [6.07, 6.45) is 29.4. The number of likely N-dealkylation sites (tertiary alicyclic amines) is 1. The van der Waals surface area contributed by atoms with Crippen molar-refractivity contribution in [3.63, 3.8) is 0 Å². The Morgan fingerprint density at radius 2 is 1.83 bits per heavy atom. The van der Waals surface area contributed by atoms with Crippen LogP contribution in [0.15, 0.2) is 71.2 Å². The number of nitrogens with zero attached hydrogens (tertiary/aromatic N) is 2. The first-order valence-electron chi connectivity index (χ1n) is 14.0. The van der Waals surface area contributed by atoms with Gasteiger partial charge in [0.15, 0.2) is 0 Å². The third-order valence-corrected chi connectivity index (χ3v) is 6.19. The molecule has 0 aromatic carbocycles. The van der Waals surface area contributed by atoms with Crippen molar-refractivity contribution in [1.82, 2.24) is 9.88 Å². The van der Waals surface area contributed by atoms with Crippen LogP contribution in [0, 0.1) is 18.8 Å². The Labute approximate surface area is 223 Å². The van der Waals surface area contributed by atoms with Gasteiger partial charge in [0, 0.05) is 19.8 Å². The minimum absolute atomic E-state index is 0.0861. The van der Waals surface area contributed by atoms with Crippen molar-refractivity contribution in [1.29, 1.82) is 0 Å². The molecule has 1 aromatic heterocycles. The van der Waals surface area contributed by atoms with Gasteiger partial charge in [0.2, 0.25) is 0 Å². The van der Waals surface area contributed by atoms with Crippen molar-refractivity contribution >= 4 is 0 Å². The molecule has 0 bridgehead atoms. The molecule has 200 valence electrons. The molecule has 1 aliphatic heterocycles. The topological polar surface area (TPSA) is 25.4 Å². The molecule has 2 heterocycles. The number of aromatic nitrogens is 1. The highest BCUT2D eigenvalue weighted by molar-refractivity contribution is 5.40. The van der Waals surface area contributed by atoms with Gasteiger partial charge in [-0.25, -0.2) is 0 Å². The summed E-state index contributed by atoms with van der Waals surface area (Å²) < 4.78 is 6.39. The van der Waals surface area contributed by atoms with Crippen LogP contribution in [-0.4, -0.2) is 29.6 Å². The van der Waals surface area contributed by atoms with Gasteiger partial charge in [0.1, 0.15) is 11.9 Å². The highest BCUT2D eigenvalue weighted by Gasteiger charge is 2.25. The molecule has 1 saturated carbocycles. The van der Waals surface area contributed by atoms with Gasteiger partial charge < -0.3 is 9.64 Å². The number of terminal acetylenes is 1. The van der Waals surface area contributed by atoms with Crippen LogP contribution < -0.4 is 4.74 Å². The molecule has 1 unspecified atom stereocenters. The van der Waals surface area contributed by atoms with Gasteiger partial charge in [0.25, 0.3) is 0 Å². The van der Waals surface area contributed by atoms with E-state index in [1.165, 1.54) is 48.1 Å². The van der Waals surface area contributed by atoms with Crippen molar-refractivity contribution < 1.29 is 4.74 Å². The molecule has 0 N–H and O–H groups in total. The normalized spacial score (nSPS) is 19.5. The molecule has 2 aliphatic rings. The molecule has 3 nitrogen and oxygen atoms in total. The SMILES string of the molecule is C#C.CC.CC.C\C=C(C)/C(=C\C(=C\CC)C1CC1)C/C=C1/C(Oc2cccnc2)CCCCN1C. The monoisotopic (exact) mass is 492 g/mol. The van der Waals surface area contributed by atoms with Gasteiger partial charge >= 0.3 is 0 Å². The molecule has 1 aliphatic carbocycles. The molecule has 3 rings (SSSR count). The van der Waals surface area contributed by atoms with Crippen molar-refractivity contribution in [3.8, 4) is 18.6 Å². The minimum Gasteiger partial charge on any atom is -0.483 e. The van der Waals surface area contributed by atoms with Crippen LogP contribution in [0.25, 0.3) is 0 Å². The lowest BCUT2D eigenvalue weighted by atomic mass is 9.97. The van der Waals surface area contributed by atoms with E-state index < -0.39 is 0 Å². The van der Waals surface area contributed by atoms with Gasteiger partial charge in [-0.05, 0) is 88.0 Å². The summed E-state index contributed by atoms with van der Waals surface area (Å²) in [5, 5.41) is 0. The lowest BCUT2D eigenvalue weighted by molar-refractivity contribution is 0.199. The maximum atomic E-state index is 6.39. The first kappa shape index (κ1) is 33.3. The Morgan fingerprint density at radius 3 is 2.39 bits per heavy atom. The van der Waals surface area contributed by atoms with Crippen LogP contribution in [0.1, 0.15) is 93.4 Å². The Balaban J connectivity index is 0.00000190. The number of ether oxygens (including phenoxy) is 1. The van der Waals surface area contributed by atoms with Crippen LogP contribution in [0.4, 0.5) is 0 Å². The molecule has 0 radical (unpaired) electrons. The zero-order valence-electron chi connectivity index (χ0n) is 24.4. The Bertz CT molecular complexity index is 841. The summed E-state index contributed by atoms with van der Waals surface area (Å²) in [5.74, 6) is 1.63. The van der Waals surface area contributed by atoms with E-state index in [0.717, 1.165) is 37.5 Å². The van der Waals surface area contributed by atoms with E-state index in [-0.39, 0.29) is 6.10 Å². The zero-order chi connectivity index (χ0) is 27.3. The van der Waals surface area contributed by atoms with Gasteiger partial charge in [-0.3, -0.25) is 4.98 Å². The van der Waals surface area contributed by atoms with Crippen molar-refractivity contribution in [2.45, 2.75) is 99.5 Å². The van der Waals surface area contributed by atoms with E-state index in [4.69, 9.17) is 4.74 Å². The summed E-state index contributed by atoms with van der Waals surface area (Å²) in [7, 11) is 2.20. The third-order valence-electron chi connectivity index (χ3n) is 6.19. The fourth-order valence-corrected chi connectivity index (χ4v) is 4.12. The molecule has 1 aromatic rings. The van der Waals surface area contributed by atoms with Gasteiger partial charge in [0.05, 0.1) is 11.9 Å². The summed E-state index contributed by atoms with van der Waals surface area (Å²) in [6.45, 7) is 15.7. The zero-order valence-corrected chi connectivity index (χ0v) is 24.4. The summed E-state index contributed by atoms with van der Waals surface area (Å²) >= 11 is 0. The van der Waals surface area contributed by atoms with Crippen molar-refractivity contribution in [2.75, 3.05) is 13.6 Å². The average Bonchev–Trinajstić information content (AvgIpc) is 3.79. The fourth-order valence-electron chi connectivity index (χ4n) is 4.12. The van der Waals surface area contributed by atoms with Gasteiger partial charge in [-0.2, -0.15) is 0 Å². The second-order valence-electron chi connectivity index (χ2n) is 8.57. The molecule has 1 saturated heterocycles. The standard InChI is InChI=1S/C27H38N2O.2C2H6.C2H2/c1-5-10-24(22-13-14-22)19-23(21(3)6-2)15-16-26-27(12-7-8-18-29(26)4)30-25-11-9-17-28-20-25;3*1-2/h6,9-11,16-17,19-20,22,27H,5,7-8,12-15,18H2,1-4H3;2*1-2H3;1-2H/b21-6-,23-19-,24-10-,26-16-;;;. The molecule has 1 atom stereocenters. The van der Waals surface area contributed by atoms with E-state index in [2.05, 4.69) is 74.9 Å². The molecular formula is C33H52N2O. The van der Waals surface area contributed by atoms with Crippen molar-refractivity contribution in [2.24, 2.45) is 5.92 Å². The fraction of sp³-hybridized carbons (Fsp3) is 0.545. The highest BCUT2D eigenvalue weighted by atomic mass is 16.5. The van der Waals surface area contributed by atoms with Crippen LogP contribution in [0.2, 0.25) is 0 Å². The highest BCUT2D eigenvalue weighted by Crippen LogP contribution is 2.38. The van der Waals surface area contributed by atoms with Crippen LogP contribution in [0.3, 0.4) is 0 Å². The second-order valence-corrected chi connectivity index (χ2v) is 8.57. The second kappa shape index (κ2) is 20.5. The van der Waals surface area contributed by atoms with Gasteiger partial charge in [-0.15, -0.1) is 12.8 Å². The summed E-state index contributed by atoms with van der Waals surface area (Å²) in [5.41, 5.74) is 5.63. The lowest BCUT2D eigenvalue weighted by Crippen LogP contribution is -2.29. The first-order chi connectivity index (χ1) is 17.6. The first-order valence-corrected chi connectivity index (χ1v) is 14.0.